The van der Waals surface area contributed by atoms with Gasteiger partial charge in [0.05, 0.1) is 11.0 Å². The second-order valence-electron chi connectivity index (χ2n) is 4.45. The zero-order valence-electron chi connectivity index (χ0n) is 11.3. The highest BCUT2D eigenvalue weighted by atomic mass is 35.5. The molecule has 2 aromatic rings. The minimum absolute atomic E-state index is 0.000136. The molecule has 1 atom stereocenters. The van der Waals surface area contributed by atoms with Gasteiger partial charge in [-0.05, 0) is 26.0 Å². The number of carbonyl (C=O) groups is 1. The van der Waals surface area contributed by atoms with Crippen molar-refractivity contribution >= 4 is 34.5 Å². The van der Waals surface area contributed by atoms with Crippen LogP contribution in [0.2, 0.25) is 5.02 Å². The van der Waals surface area contributed by atoms with Crippen molar-refractivity contribution in [2.45, 2.75) is 19.9 Å². The fourth-order valence-corrected chi connectivity index (χ4v) is 2.70. The van der Waals surface area contributed by atoms with E-state index in [1.165, 1.54) is 23.5 Å². The molecule has 6 nitrogen and oxygen atoms in total. The molecule has 0 aliphatic heterocycles. The van der Waals surface area contributed by atoms with Crippen LogP contribution in [0, 0.1) is 17.0 Å². The summed E-state index contributed by atoms with van der Waals surface area (Å²) in [4.78, 5) is 26.6. The Morgan fingerprint density at radius 3 is 2.81 bits per heavy atom. The van der Waals surface area contributed by atoms with Crippen molar-refractivity contribution in [3.63, 3.8) is 0 Å². The van der Waals surface area contributed by atoms with Crippen LogP contribution in [0.1, 0.15) is 34.0 Å². The van der Waals surface area contributed by atoms with Crippen LogP contribution in [-0.2, 0) is 0 Å². The minimum Gasteiger partial charge on any atom is -0.343 e. The lowest BCUT2D eigenvalue weighted by Crippen LogP contribution is -2.26. The van der Waals surface area contributed by atoms with Gasteiger partial charge in [0.15, 0.2) is 0 Å². The van der Waals surface area contributed by atoms with E-state index in [0.29, 0.717) is 0 Å². The van der Waals surface area contributed by atoms with Gasteiger partial charge in [-0.15, -0.1) is 11.3 Å². The van der Waals surface area contributed by atoms with E-state index in [-0.39, 0.29) is 22.3 Å². The third kappa shape index (κ3) is 3.56. The van der Waals surface area contributed by atoms with Gasteiger partial charge in [-0.3, -0.25) is 14.9 Å². The van der Waals surface area contributed by atoms with Crippen molar-refractivity contribution in [3.8, 4) is 0 Å². The molecule has 0 fully saturated rings. The number of thiazole rings is 1. The van der Waals surface area contributed by atoms with Gasteiger partial charge >= 0.3 is 0 Å². The summed E-state index contributed by atoms with van der Waals surface area (Å²) in [6.07, 6.45) is 0. The number of benzene rings is 1. The number of amides is 1. The number of hydrogen-bond acceptors (Lipinski definition) is 5. The molecule has 1 aromatic heterocycles. The van der Waals surface area contributed by atoms with Crippen LogP contribution in [0.25, 0.3) is 0 Å². The molecular weight excluding hydrogens is 314 g/mol. The first-order valence-electron chi connectivity index (χ1n) is 6.05. The summed E-state index contributed by atoms with van der Waals surface area (Å²) in [7, 11) is 0. The van der Waals surface area contributed by atoms with E-state index in [9.17, 15) is 14.9 Å². The molecule has 1 heterocycles. The van der Waals surface area contributed by atoms with Gasteiger partial charge in [0.25, 0.3) is 11.6 Å². The summed E-state index contributed by atoms with van der Waals surface area (Å²) < 4.78 is 0. The average Bonchev–Trinajstić information content (AvgIpc) is 2.85. The molecule has 2 rings (SSSR count). The Hall–Kier alpha value is -1.99. The molecule has 1 N–H and O–H groups in total. The van der Waals surface area contributed by atoms with Crippen molar-refractivity contribution < 1.29 is 9.72 Å². The second kappa shape index (κ2) is 6.19. The van der Waals surface area contributed by atoms with Crippen molar-refractivity contribution in [3.05, 3.63) is 55.0 Å². The number of nitrogens with one attached hydrogen (secondary N) is 1. The zero-order chi connectivity index (χ0) is 15.6. The first-order chi connectivity index (χ1) is 9.88. The number of hydrogen-bond donors (Lipinski definition) is 1. The standard InChI is InChI=1S/C13H12ClN3O3S/c1-7-6-21-13(15-7)8(2)16-12(18)9-3-4-10(14)11(5-9)17(19)20/h3-6,8H,1-2H3,(H,16,18). The Balaban J connectivity index is 2.17. The van der Waals surface area contributed by atoms with E-state index in [2.05, 4.69) is 10.3 Å². The summed E-state index contributed by atoms with van der Waals surface area (Å²) in [5.74, 6) is -0.407. The zero-order valence-corrected chi connectivity index (χ0v) is 12.9. The summed E-state index contributed by atoms with van der Waals surface area (Å²) in [6, 6.07) is 3.68. The molecule has 0 aliphatic rings. The number of nitro benzene ring substituents is 1. The third-order valence-electron chi connectivity index (χ3n) is 2.76. The van der Waals surface area contributed by atoms with E-state index in [1.807, 2.05) is 12.3 Å². The highest BCUT2D eigenvalue weighted by Crippen LogP contribution is 2.25. The summed E-state index contributed by atoms with van der Waals surface area (Å²) in [5.41, 5.74) is 0.784. The Morgan fingerprint density at radius 1 is 1.52 bits per heavy atom. The van der Waals surface area contributed by atoms with E-state index in [1.54, 1.807) is 6.92 Å². The molecule has 1 amide bonds. The summed E-state index contributed by atoms with van der Waals surface area (Å²) >= 11 is 7.17. The largest absolute Gasteiger partial charge is 0.343 e. The van der Waals surface area contributed by atoms with Crippen molar-refractivity contribution in [2.24, 2.45) is 0 Å². The normalized spacial score (nSPS) is 12.0. The topological polar surface area (TPSA) is 85.1 Å². The van der Waals surface area contributed by atoms with Crippen molar-refractivity contribution in [1.82, 2.24) is 10.3 Å². The fourth-order valence-electron chi connectivity index (χ4n) is 1.71. The van der Waals surface area contributed by atoms with Gasteiger partial charge < -0.3 is 5.32 Å². The Bertz CT molecular complexity index is 702. The molecule has 110 valence electrons. The summed E-state index contributed by atoms with van der Waals surface area (Å²) in [5, 5.41) is 16.3. The molecule has 1 aromatic carbocycles. The van der Waals surface area contributed by atoms with Crippen LogP contribution >= 0.6 is 22.9 Å². The van der Waals surface area contributed by atoms with E-state index >= 15 is 0 Å². The Morgan fingerprint density at radius 2 is 2.24 bits per heavy atom. The average molecular weight is 326 g/mol. The number of rotatable bonds is 4. The lowest BCUT2D eigenvalue weighted by molar-refractivity contribution is -0.384. The smallest absolute Gasteiger partial charge is 0.288 e. The van der Waals surface area contributed by atoms with Crippen LogP contribution in [0.5, 0.6) is 0 Å². The van der Waals surface area contributed by atoms with Gasteiger partial charge in [0.2, 0.25) is 0 Å². The molecule has 0 bridgehead atoms. The number of aryl methyl sites for hydroxylation is 1. The Kier molecular flexibility index (Phi) is 4.54. The van der Waals surface area contributed by atoms with Gasteiger partial charge in [-0.1, -0.05) is 11.6 Å². The van der Waals surface area contributed by atoms with Gasteiger partial charge in [0, 0.05) is 22.7 Å². The first kappa shape index (κ1) is 15.4. The predicted molar refractivity (Wildman–Crippen MR) is 80.8 cm³/mol. The van der Waals surface area contributed by atoms with Gasteiger partial charge in [-0.2, -0.15) is 0 Å². The van der Waals surface area contributed by atoms with Gasteiger partial charge in [-0.25, -0.2) is 4.98 Å². The minimum atomic E-state index is -0.618. The lowest BCUT2D eigenvalue weighted by Gasteiger charge is -2.11. The fraction of sp³-hybridized carbons (Fsp3) is 0.231. The second-order valence-corrected chi connectivity index (χ2v) is 5.74. The van der Waals surface area contributed by atoms with Crippen molar-refractivity contribution in [1.29, 1.82) is 0 Å². The number of nitro groups is 1. The van der Waals surface area contributed by atoms with Gasteiger partial charge in [0.1, 0.15) is 10.0 Å². The highest BCUT2D eigenvalue weighted by molar-refractivity contribution is 7.09. The van der Waals surface area contributed by atoms with E-state index in [4.69, 9.17) is 11.6 Å². The molecule has 0 saturated carbocycles. The maximum absolute atomic E-state index is 12.1. The molecule has 0 aliphatic carbocycles. The first-order valence-corrected chi connectivity index (χ1v) is 7.31. The van der Waals surface area contributed by atoms with E-state index in [0.717, 1.165) is 16.8 Å². The van der Waals surface area contributed by atoms with Crippen LogP contribution in [0.3, 0.4) is 0 Å². The molecule has 0 saturated heterocycles. The van der Waals surface area contributed by atoms with Crippen molar-refractivity contribution in [2.75, 3.05) is 0 Å². The third-order valence-corrected chi connectivity index (χ3v) is 4.22. The molecule has 8 heteroatoms. The predicted octanol–water partition coefficient (Wildman–Crippen LogP) is 3.50. The SMILES string of the molecule is Cc1csc(C(C)NC(=O)c2ccc(Cl)c([N+](=O)[O-])c2)n1. The van der Waals surface area contributed by atoms with Crippen LogP contribution in [-0.4, -0.2) is 15.8 Å². The number of carbonyl (C=O) groups excluding carboxylic acids is 1. The van der Waals surface area contributed by atoms with Crippen LogP contribution in [0.15, 0.2) is 23.6 Å². The van der Waals surface area contributed by atoms with Crippen LogP contribution < -0.4 is 5.32 Å². The van der Waals surface area contributed by atoms with Crippen LogP contribution in [0.4, 0.5) is 5.69 Å². The Labute approximate surface area is 129 Å². The summed E-state index contributed by atoms with van der Waals surface area (Å²) in [6.45, 7) is 3.68. The molecule has 1 unspecified atom stereocenters. The van der Waals surface area contributed by atoms with E-state index < -0.39 is 10.8 Å². The molecular formula is C13H12ClN3O3S. The quantitative estimate of drug-likeness (QED) is 0.688. The number of halogens is 1. The highest BCUT2D eigenvalue weighted by Gasteiger charge is 2.18. The maximum atomic E-state index is 12.1. The molecule has 0 spiro atoms. The molecule has 0 radical (unpaired) electrons. The number of aromatic nitrogens is 1. The molecule has 21 heavy (non-hydrogen) atoms. The lowest BCUT2D eigenvalue weighted by atomic mass is 10.2. The number of nitrogens with zero attached hydrogens (tertiary/aromatic N) is 2. The monoisotopic (exact) mass is 325 g/mol. The maximum Gasteiger partial charge on any atom is 0.288 e.